The van der Waals surface area contributed by atoms with E-state index < -0.39 is 5.91 Å². The second-order valence-corrected chi connectivity index (χ2v) is 8.29. The SMILES string of the molecule is CCCOc1ccc(C(=O)N/N=C/c2ccc(OCC(=O)Nc3ccc(Cl)cc3)c(Cl)c2)cc1OC. The highest BCUT2D eigenvalue weighted by Gasteiger charge is 2.11. The molecule has 0 unspecified atom stereocenters. The fourth-order valence-corrected chi connectivity index (χ4v) is 3.33. The normalized spacial score (nSPS) is 10.7. The number of nitrogens with zero attached hydrogens (tertiary/aromatic N) is 1. The molecule has 10 heteroatoms. The molecule has 0 aliphatic rings. The molecule has 0 aromatic heterocycles. The third-order valence-electron chi connectivity index (χ3n) is 4.71. The molecule has 0 saturated carbocycles. The largest absolute Gasteiger partial charge is 0.493 e. The van der Waals surface area contributed by atoms with Crippen molar-refractivity contribution in [1.82, 2.24) is 5.43 Å². The maximum absolute atomic E-state index is 12.4. The first-order chi connectivity index (χ1) is 17.4. The Labute approximate surface area is 219 Å². The number of halogens is 2. The first-order valence-electron chi connectivity index (χ1n) is 11.0. The van der Waals surface area contributed by atoms with Crippen LogP contribution in [0.15, 0.2) is 65.8 Å². The van der Waals surface area contributed by atoms with Crippen LogP contribution in [0.4, 0.5) is 5.69 Å². The minimum atomic E-state index is -0.413. The number of hydrogen-bond acceptors (Lipinski definition) is 6. The van der Waals surface area contributed by atoms with Gasteiger partial charge in [0.25, 0.3) is 11.8 Å². The third-order valence-corrected chi connectivity index (χ3v) is 5.26. The zero-order valence-corrected chi connectivity index (χ0v) is 21.2. The van der Waals surface area contributed by atoms with E-state index in [0.717, 1.165) is 6.42 Å². The van der Waals surface area contributed by atoms with Gasteiger partial charge in [0.05, 0.1) is 25.0 Å². The minimum Gasteiger partial charge on any atom is -0.493 e. The molecule has 0 aliphatic heterocycles. The summed E-state index contributed by atoms with van der Waals surface area (Å²) in [5, 5.41) is 7.54. The second kappa shape index (κ2) is 13.4. The van der Waals surface area contributed by atoms with Crippen LogP contribution in [0, 0.1) is 0 Å². The Morgan fingerprint density at radius 2 is 1.69 bits per heavy atom. The summed E-state index contributed by atoms with van der Waals surface area (Å²) < 4.78 is 16.4. The molecule has 36 heavy (non-hydrogen) atoms. The Balaban J connectivity index is 1.53. The van der Waals surface area contributed by atoms with Gasteiger partial charge in [-0.1, -0.05) is 30.1 Å². The maximum Gasteiger partial charge on any atom is 0.271 e. The van der Waals surface area contributed by atoms with Crippen molar-refractivity contribution in [3.8, 4) is 17.2 Å². The Morgan fingerprint density at radius 1 is 0.944 bits per heavy atom. The van der Waals surface area contributed by atoms with Crippen molar-refractivity contribution >= 4 is 46.9 Å². The quantitative estimate of drug-likeness (QED) is 0.250. The van der Waals surface area contributed by atoms with Gasteiger partial charge < -0.3 is 19.5 Å². The standard InChI is InChI=1S/C26H25Cl2N3O5/c1-3-12-35-23-11-5-18(14-24(23)34-2)26(33)31-29-15-17-4-10-22(21(28)13-17)36-16-25(32)30-20-8-6-19(27)7-9-20/h4-11,13-15H,3,12,16H2,1-2H3,(H,30,32)(H,31,33)/b29-15+. The Bertz CT molecular complexity index is 1230. The van der Waals surface area contributed by atoms with Crippen LogP contribution in [-0.2, 0) is 4.79 Å². The average molecular weight is 530 g/mol. The topological polar surface area (TPSA) is 98.3 Å². The molecule has 0 spiro atoms. The summed E-state index contributed by atoms with van der Waals surface area (Å²) in [6, 6.07) is 16.5. The van der Waals surface area contributed by atoms with E-state index in [2.05, 4.69) is 15.8 Å². The van der Waals surface area contributed by atoms with Crippen LogP contribution in [0.5, 0.6) is 17.2 Å². The van der Waals surface area contributed by atoms with Crippen molar-refractivity contribution in [2.45, 2.75) is 13.3 Å². The Morgan fingerprint density at radius 3 is 2.39 bits per heavy atom. The molecule has 0 atom stereocenters. The monoisotopic (exact) mass is 529 g/mol. The van der Waals surface area contributed by atoms with Gasteiger partial charge in [-0.05, 0) is 72.6 Å². The fourth-order valence-electron chi connectivity index (χ4n) is 2.96. The van der Waals surface area contributed by atoms with Gasteiger partial charge in [-0.3, -0.25) is 9.59 Å². The fraction of sp³-hybridized carbons (Fsp3) is 0.192. The molecule has 0 radical (unpaired) electrons. The molecule has 3 rings (SSSR count). The van der Waals surface area contributed by atoms with Crippen LogP contribution >= 0.6 is 23.2 Å². The number of rotatable bonds is 11. The zero-order valence-electron chi connectivity index (χ0n) is 19.7. The van der Waals surface area contributed by atoms with Crippen molar-refractivity contribution in [2.24, 2.45) is 5.10 Å². The predicted molar refractivity (Wildman–Crippen MR) is 141 cm³/mol. The summed E-state index contributed by atoms with van der Waals surface area (Å²) in [6.07, 6.45) is 2.30. The number of carbonyl (C=O) groups excluding carboxylic acids is 2. The van der Waals surface area contributed by atoms with Crippen LogP contribution in [-0.4, -0.2) is 38.4 Å². The smallest absolute Gasteiger partial charge is 0.271 e. The predicted octanol–water partition coefficient (Wildman–Crippen LogP) is 5.57. The van der Waals surface area contributed by atoms with E-state index >= 15 is 0 Å². The van der Waals surface area contributed by atoms with Crippen LogP contribution in [0.25, 0.3) is 0 Å². The number of nitrogens with one attached hydrogen (secondary N) is 2. The van der Waals surface area contributed by atoms with E-state index in [-0.39, 0.29) is 17.5 Å². The van der Waals surface area contributed by atoms with Crippen molar-refractivity contribution in [3.05, 3.63) is 81.8 Å². The maximum atomic E-state index is 12.4. The molecule has 3 aromatic carbocycles. The highest BCUT2D eigenvalue weighted by molar-refractivity contribution is 6.32. The molecule has 8 nitrogen and oxygen atoms in total. The number of hydrazone groups is 1. The van der Waals surface area contributed by atoms with Gasteiger partial charge in [0.2, 0.25) is 0 Å². The number of carbonyl (C=O) groups is 2. The van der Waals surface area contributed by atoms with Crippen molar-refractivity contribution in [3.63, 3.8) is 0 Å². The van der Waals surface area contributed by atoms with Gasteiger partial charge >= 0.3 is 0 Å². The molecule has 0 saturated heterocycles. The second-order valence-electron chi connectivity index (χ2n) is 7.45. The van der Waals surface area contributed by atoms with Gasteiger partial charge in [0.1, 0.15) is 5.75 Å². The summed E-state index contributed by atoms with van der Waals surface area (Å²) >= 11 is 12.1. The molecular weight excluding hydrogens is 505 g/mol. The van der Waals surface area contributed by atoms with E-state index in [9.17, 15) is 9.59 Å². The highest BCUT2D eigenvalue weighted by atomic mass is 35.5. The lowest BCUT2D eigenvalue weighted by Crippen LogP contribution is -2.20. The zero-order chi connectivity index (χ0) is 25.9. The minimum absolute atomic E-state index is 0.225. The number of methoxy groups -OCH3 is 1. The Kier molecular flexibility index (Phi) is 9.97. The summed E-state index contributed by atoms with van der Waals surface area (Å²) in [4.78, 5) is 24.5. The first kappa shape index (κ1) is 26.8. The molecule has 2 N–H and O–H groups in total. The first-order valence-corrected chi connectivity index (χ1v) is 11.8. The third kappa shape index (κ3) is 7.90. The lowest BCUT2D eigenvalue weighted by molar-refractivity contribution is -0.118. The van der Waals surface area contributed by atoms with Crippen LogP contribution in [0.3, 0.4) is 0 Å². The van der Waals surface area contributed by atoms with E-state index in [0.29, 0.717) is 45.7 Å². The molecular formula is C26H25Cl2N3O5. The van der Waals surface area contributed by atoms with Gasteiger partial charge in [-0.15, -0.1) is 0 Å². The van der Waals surface area contributed by atoms with E-state index in [4.69, 9.17) is 37.4 Å². The molecule has 3 aromatic rings. The summed E-state index contributed by atoms with van der Waals surface area (Å²) in [6.45, 7) is 2.33. The molecule has 0 heterocycles. The van der Waals surface area contributed by atoms with Crippen molar-refractivity contribution in [1.29, 1.82) is 0 Å². The van der Waals surface area contributed by atoms with Gasteiger partial charge in [0, 0.05) is 16.3 Å². The lowest BCUT2D eigenvalue weighted by Gasteiger charge is -2.11. The number of amides is 2. The number of hydrogen-bond donors (Lipinski definition) is 2. The van der Waals surface area contributed by atoms with E-state index in [1.165, 1.54) is 13.3 Å². The number of anilines is 1. The van der Waals surface area contributed by atoms with Crippen LogP contribution in [0.1, 0.15) is 29.3 Å². The summed E-state index contributed by atoms with van der Waals surface area (Å²) in [5.74, 6) is 0.609. The highest BCUT2D eigenvalue weighted by Crippen LogP contribution is 2.28. The van der Waals surface area contributed by atoms with Crippen LogP contribution in [0.2, 0.25) is 10.0 Å². The van der Waals surface area contributed by atoms with Crippen molar-refractivity contribution in [2.75, 3.05) is 25.6 Å². The van der Waals surface area contributed by atoms with E-state index in [1.807, 2.05) is 6.92 Å². The molecule has 0 aliphatic carbocycles. The van der Waals surface area contributed by atoms with Gasteiger partial charge in [0.15, 0.2) is 18.1 Å². The van der Waals surface area contributed by atoms with Gasteiger partial charge in [-0.25, -0.2) is 5.43 Å². The lowest BCUT2D eigenvalue weighted by atomic mass is 10.2. The van der Waals surface area contributed by atoms with Crippen LogP contribution < -0.4 is 25.0 Å². The number of ether oxygens (including phenoxy) is 3. The summed E-state index contributed by atoms with van der Waals surface area (Å²) in [7, 11) is 1.51. The molecule has 0 fully saturated rings. The summed E-state index contributed by atoms with van der Waals surface area (Å²) in [5.41, 5.74) is 4.06. The van der Waals surface area contributed by atoms with E-state index in [1.54, 1.807) is 60.7 Å². The molecule has 188 valence electrons. The Hall–Kier alpha value is -3.75. The van der Waals surface area contributed by atoms with Crippen molar-refractivity contribution < 1.29 is 23.8 Å². The average Bonchev–Trinajstić information content (AvgIpc) is 2.88. The van der Waals surface area contributed by atoms with Gasteiger partial charge in [-0.2, -0.15) is 5.10 Å². The number of benzene rings is 3. The molecule has 0 bridgehead atoms. The molecule has 2 amide bonds.